The molecular formula is C12H17NO4. The van der Waals surface area contributed by atoms with Gasteiger partial charge >= 0.3 is 5.97 Å². The molecule has 2 aliphatic rings. The second kappa shape index (κ2) is 4.47. The maximum absolute atomic E-state index is 12.2. The van der Waals surface area contributed by atoms with Crippen LogP contribution < -0.4 is 0 Å². The molecule has 94 valence electrons. The van der Waals surface area contributed by atoms with Gasteiger partial charge in [-0.15, -0.1) is 0 Å². The largest absolute Gasteiger partial charge is 0.469 e. The second-order valence-electron chi connectivity index (χ2n) is 4.71. The van der Waals surface area contributed by atoms with Crippen LogP contribution >= 0.6 is 0 Å². The van der Waals surface area contributed by atoms with Crippen molar-refractivity contribution in [1.29, 1.82) is 0 Å². The molecule has 0 aromatic heterocycles. The van der Waals surface area contributed by atoms with Gasteiger partial charge in [-0.2, -0.15) is 0 Å². The number of Topliss-reactive ketones (excluding diaryl/α,β-unsaturated/α-hetero) is 1. The molecule has 0 aliphatic carbocycles. The molecule has 2 heterocycles. The third-order valence-electron chi connectivity index (χ3n) is 3.77. The number of carbonyl (C=O) groups excluding carboxylic acids is 3. The van der Waals surface area contributed by atoms with Gasteiger partial charge in [0.2, 0.25) is 5.91 Å². The van der Waals surface area contributed by atoms with E-state index in [1.807, 2.05) is 0 Å². The van der Waals surface area contributed by atoms with Crippen LogP contribution in [0.4, 0.5) is 0 Å². The summed E-state index contributed by atoms with van der Waals surface area (Å²) < 4.78 is 4.65. The van der Waals surface area contributed by atoms with Gasteiger partial charge in [0.15, 0.2) is 5.78 Å². The molecule has 2 rings (SSSR count). The Kier molecular flexibility index (Phi) is 3.17. The Morgan fingerprint density at radius 3 is 2.82 bits per heavy atom. The number of esters is 1. The fourth-order valence-electron chi connectivity index (χ4n) is 2.89. The summed E-state index contributed by atoms with van der Waals surface area (Å²) in [4.78, 5) is 37.2. The molecule has 0 aromatic rings. The van der Waals surface area contributed by atoms with Gasteiger partial charge in [-0.1, -0.05) is 0 Å². The van der Waals surface area contributed by atoms with Crippen LogP contribution in [-0.2, 0) is 19.1 Å². The van der Waals surface area contributed by atoms with Crippen LogP contribution in [0.1, 0.15) is 38.5 Å². The Morgan fingerprint density at radius 1 is 1.35 bits per heavy atom. The minimum Gasteiger partial charge on any atom is -0.469 e. The van der Waals surface area contributed by atoms with E-state index in [1.54, 1.807) is 4.90 Å². The van der Waals surface area contributed by atoms with Gasteiger partial charge in [-0.25, -0.2) is 0 Å². The highest BCUT2D eigenvalue weighted by molar-refractivity contribution is 5.98. The number of hydrogen-bond donors (Lipinski definition) is 0. The summed E-state index contributed by atoms with van der Waals surface area (Å²) in [6, 6.07) is 0. The summed E-state index contributed by atoms with van der Waals surface area (Å²) in [5.74, 6) is -0.400. The van der Waals surface area contributed by atoms with E-state index in [0.29, 0.717) is 32.2 Å². The van der Waals surface area contributed by atoms with E-state index in [1.165, 1.54) is 7.11 Å². The molecule has 5 nitrogen and oxygen atoms in total. The van der Waals surface area contributed by atoms with Crippen LogP contribution in [0.3, 0.4) is 0 Å². The van der Waals surface area contributed by atoms with Gasteiger partial charge < -0.3 is 9.64 Å². The van der Waals surface area contributed by atoms with Crippen molar-refractivity contribution >= 4 is 17.7 Å². The highest BCUT2D eigenvalue weighted by Crippen LogP contribution is 2.37. The number of nitrogens with zero attached hydrogens (tertiary/aromatic N) is 1. The Balaban J connectivity index is 2.32. The predicted molar refractivity (Wildman–Crippen MR) is 59.2 cm³/mol. The Bertz CT molecular complexity index is 366. The third-order valence-corrected chi connectivity index (χ3v) is 3.77. The molecule has 2 aliphatic heterocycles. The van der Waals surface area contributed by atoms with E-state index < -0.39 is 11.5 Å². The molecule has 17 heavy (non-hydrogen) atoms. The van der Waals surface area contributed by atoms with E-state index in [2.05, 4.69) is 4.74 Å². The van der Waals surface area contributed by atoms with Gasteiger partial charge in [-0.3, -0.25) is 14.4 Å². The molecule has 5 heteroatoms. The lowest BCUT2D eigenvalue weighted by Gasteiger charge is -2.34. The molecule has 2 saturated heterocycles. The quantitative estimate of drug-likeness (QED) is 0.664. The first-order chi connectivity index (χ1) is 8.10. The van der Waals surface area contributed by atoms with Gasteiger partial charge in [0.1, 0.15) is 5.54 Å². The van der Waals surface area contributed by atoms with Gasteiger partial charge in [-0.05, 0) is 19.3 Å². The van der Waals surface area contributed by atoms with Crippen molar-refractivity contribution in [3.8, 4) is 0 Å². The van der Waals surface area contributed by atoms with Crippen LogP contribution in [0.15, 0.2) is 0 Å². The molecular weight excluding hydrogens is 222 g/mol. The molecule has 1 amide bonds. The van der Waals surface area contributed by atoms with Crippen molar-refractivity contribution in [2.45, 2.75) is 44.1 Å². The van der Waals surface area contributed by atoms with Crippen LogP contribution in [-0.4, -0.2) is 41.8 Å². The maximum atomic E-state index is 12.2. The van der Waals surface area contributed by atoms with E-state index >= 15 is 0 Å². The Morgan fingerprint density at radius 2 is 2.12 bits per heavy atom. The molecule has 0 N–H and O–H groups in total. The average Bonchev–Trinajstić information content (AvgIpc) is 2.69. The fraction of sp³-hybridized carbons (Fsp3) is 0.750. The highest BCUT2D eigenvalue weighted by Gasteiger charge is 2.51. The molecule has 1 atom stereocenters. The first-order valence-electron chi connectivity index (χ1n) is 6.01. The smallest absolute Gasteiger partial charge is 0.308 e. The normalized spacial score (nSPS) is 28.9. The number of rotatable bonds is 2. The monoisotopic (exact) mass is 239 g/mol. The minimum atomic E-state index is -0.902. The van der Waals surface area contributed by atoms with Crippen LogP contribution in [0.2, 0.25) is 0 Å². The number of fused-ring (bicyclic) bond motifs is 1. The zero-order chi connectivity index (χ0) is 12.5. The summed E-state index contributed by atoms with van der Waals surface area (Å²) in [6.07, 6.45) is 2.78. The molecule has 2 fully saturated rings. The number of hydrogen-bond acceptors (Lipinski definition) is 4. The lowest BCUT2D eigenvalue weighted by molar-refractivity contribution is -0.151. The van der Waals surface area contributed by atoms with Crippen molar-refractivity contribution in [1.82, 2.24) is 4.90 Å². The number of ketones is 1. The van der Waals surface area contributed by atoms with E-state index in [0.717, 1.165) is 6.42 Å². The summed E-state index contributed by atoms with van der Waals surface area (Å²) >= 11 is 0. The van der Waals surface area contributed by atoms with Crippen molar-refractivity contribution in [2.24, 2.45) is 0 Å². The lowest BCUT2D eigenvalue weighted by atomic mass is 9.86. The van der Waals surface area contributed by atoms with Crippen LogP contribution in [0.5, 0.6) is 0 Å². The van der Waals surface area contributed by atoms with Crippen molar-refractivity contribution < 1.29 is 19.1 Å². The van der Waals surface area contributed by atoms with Crippen molar-refractivity contribution in [3.63, 3.8) is 0 Å². The first-order valence-corrected chi connectivity index (χ1v) is 6.01. The van der Waals surface area contributed by atoms with Crippen LogP contribution in [0.25, 0.3) is 0 Å². The topological polar surface area (TPSA) is 63.7 Å². The van der Waals surface area contributed by atoms with Gasteiger partial charge in [0.05, 0.1) is 13.5 Å². The SMILES string of the molecule is COC(=O)C[C@@]12CCCN1C(=O)CCCC2=O. The van der Waals surface area contributed by atoms with Gasteiger partial charge in [0.25, 0.3) is 0 Å². The zero-order valence-electron chi connectivity index (χ0n) is 10.0. The molecule has 0 spiro atoms. The minimum absolute atomic E-state index is 0.00254. The maximum Gasteiger partial charge on any atom is 0.308 e. The number of amides is 1. The Hall–Kier alpha value is -1.39. The second-order valence-corrected chi connectivity index (χ2v) is 4.71. The first kappa shape index (κ1) is 12.1. The molecule has 0 unspecified atom stereocenters. The lowest BCUT2D eigenvalue weighted by Crippen LogP contribution is -2.52. The Labute approximate surface area is 100 Å². The van der Waals surface area contributed by atoms with Gasteiger partial charge in [0, 0.05) is 19.4 Å². The van der Waals surface area contributed by atoms with Crippen molar-refractivity contribution in [2.75, 3.05) is 13.7 Å². The molecule has 0 saturated carbocycles. The van der Waals surface area contributed by atoms with Crippen molar-refractivity contribution in [3.05, 3.63) is 0 Å². The summed E-state index contributed by atoms with van der Waals surface area (Å²) in [7, 11) is 1.31. The van der Waals surface area contributed by atoms with Crippen LogP contribution in [0, 0.1) is 0 Å². The molecule has 0 aromatic carbocycles. The van der Waals surface area contributed by atoms with E-state index in [4.69, 9.17) is 0 Å². The average molecular weight is 239 g/mol. The number of ether oxygens (including phenoxy) is 1. The number of carbonyl (C=O) groups is 3. The zero-order valence-corrected chi connectivity index (χ0v) is 10.0. The van der Waals surface area contributed by atoms with E-state index in [-0.39, 0.29) is 18.1 Å². The summed E-state index contributed by atoms with van der Waals surface area (Å²) in [5, 5.41) is 0. The fourth-order valence-corrected chi connectivity index (χ4v) is 2.89. The third kappa shape index (κ3) is 1.94. The standard InChI is InChI=1S/C12H17NO4/c1-17-11(16)8-12-6-3-7-13(12)10(15)5-2-4-9(12)14/h2-8H2,1H3/t12-/m1/s1. The highest BCUT2D eigenvalue weighted by atomic mass is 16.5. The molecule has 0 bridgehead atoms. The van der Waals surface area contributed by atoms with E-state index in [9.17, 15) is 14.4 Å². The summed E-state index contributed by atoms with van der Waals surface area (Å²) in [5.41, 5.74) is -0.902. The summed E-state index contributed by atoms with van der Waals surface area (Å²) in [6.45, 7) is 0.585. The predicted octanol–water partition coefficient (Wildman–Crippen LogP) is 0.664. The molecule has 0 radical (unpaired) electrons. The number of methoxy groups -OCH3 is 1.